The maximum absolute atomic E-state index is 13.2. The lowest BCUT2D eigenvalue weighted by atomic mass is 10.1. The Bertz CT molecular complexity index is 1090. The van der Waals surface area contributed by atoms with E-state index in [1.807, 2.05) is 29.2 Å². The second-order valence-corrected chi connectivity index (χ2v) is 8.41. The SMILES string of the molecule is O=C1CCC(Nc2nc(N3CCOCC3)[nH]c(=O)c2-c2nc3ccccc3s2)CN1. The number of para-hydroxylation sites is 1. The number of hydrogen-bond donors (Lipinski definition) is 3. The Kier molecular flexibility index (Phi) is 5.09. The summed E-state index contributed by atoms with van der Waals surface area (Å²) in [5.41, 5.74) is 1.06. The van der Waals surface area contributed by atoms with Crippen molar-refractivity contribution in [1.82, 2.24) is 20.3 Å². The number of aromatic amines is 1. The minimum absolute atomic E-state index is 0.00247. The molecule has 5 rings (SSSR count). The van der Waals surface area contributed by atoms with Gasteiger partial charge in [-0.25, -0.2) is 4.98 Å². The zero-order chi connectivity index (χ0) is 20.5. The van der Waals surface area contributed by atoms with E-state index in [9.17, 15) is 9.59 Å². The molecular weight excluding hydrogens is 404 g/mol. The van der Waals surface area contributed by atoms with Crippen molar-refractivity contribution in [3.63, 3.8) is 0 Å². The third-order valence-corrected chi connectivity index (χ3v) is 6.39. The van der Waals surface area contributed by atoms with Gasteiger partial charge >= 0.3 is 0 Å². The van der Waals surface area contributed by atoms with Gasteiger partial charge in [-0.1, -0.05) is 12.1 Å². The molecule has 2 aliphatic heterocycles. The smallest absolute Gasteiger partial charge is 0.264 e. The summed E-state index contributed by atoms with van der Waals surface area (Å²) in [5.74, 6) is 1.07. The highest BCUT2D eigenvalue weighted by atomic mass is 32.1. The third kappa shape index (κ3) is 3.75. The first-order valence-corrected chi connectivity index (χ1v) is 10.9. The number of nitrogens with zero attached hydrogens (tertiary/aromatic N) is 3. The summed E-state index contributed by atoms with van der Waals surface area (Å²) in [6.07, 6.45) is 1.14. The van der Waals surface area contributed by atoms with Crippen molar-refractivity contribution in [3.8, 4) is 10.6 Å². The van der Waals surface area contributed by atoms with Crippen LogP contribution >= 0.6 is 11.3 Å². The summed E-state index contributed by atoms with van der Waals surface area (Å²) in [4.78, 5) is 39.1. The van der Waals surface area contributed by atoms with Gasteiger partial charge in [-0.3, -0.25) is 14.6 Å². The van der Waals surface area contributed by atoms with E-state index in [0.717, 1.165) is 10.2 Å². The Labute approximate surface area is 176 Å². The Morgan fingerprint density at radius 3 is 2.77 bits per heavy atom. The Morgan fingerprint density at radius 2 is 2.00 bits per heavy atom. The molecule has 2 fully saturated rings. The van der Waals surface area contributed by atoms with Crippen molar-refractivity contribution in [2.75, 3.05) is 43.1 Å². The van der Waals surface area contributed by atoms with Crippen molar-refractivity contribution in [2.45, 2.75) is 18.9 Å². The van der Waals surface area contributed by atoms with Crippen LogP contribution in [0.25, 0.3) is 20.8 Å². The highest BCUT2D eigenvalue weighted by molar-refractivity contribution is 7.21. The molecule has 1 unspecified atom stereocenters. The van der Waals surface area contributed by atoms with Gasteiger partial charge in [0.1, 0.15) is 16.4 Å². The van der Waals surface area contributed by atoms with Crippen LogP contribution in [0.15, 0.2) is 29.1 Å². The summed E-state index contributed by atoms with van der Waals surface area (Å²) in [7, 11) is 0. The first-order chi connectivity index (χ1) is 14.7. The fraction of sp³-hybridized carbons (Fsp3) is 0.400. The molecular formula is C20H22N6O3S. The molecule has 3 aromatic rings. The Hall–Kier alpha value is -2.98. The largest absolute Gasteiger partial charge is 0.378 e. The molecule has 0 aliphatic carbocycles. The van der Waals surface area contributed by atoms with Crippen LogP contribution in [0, 0.1) is 0 Å². The van der Waals surface area contributed by atoms with Crippen LogP contribution < -0.4 is 21.1 Å². The number of carbonyl (C=O) groups is 1. The summed E-state index contributed by atoms with van der Waals surface area (Å²) >= 11 is 1.47. The number of hydrogen-bond acceptors (Lipinski definition) is 8. The molecule has 0 saturated carbocycles. The van der Waals surface area contributed by atoms with Gasteiger partial charge in [0.2, 0.25) is 11.9 Å². The topological polar surface area (TPSA) is 112 Å². The Morgan fingerprint density at radius 1 is 1.17 bits per heavy atom. The number of anilines is 2. The summed E-state index contributed by atoms with van der Waals surface area (Å²) in [5, 5.41) is 6.89. The van der Waals surface area contributed by atoms with E-state index >= 15 is 0 Å². The van der Waals surface area contributed by atoms with Gasteiger partial charge in [-0.15, -0.1) is 11.3 Å². The second kappa shape index (κ2) is 8.04. The van der Waals surface area contributed by atoms with Crippen molar-refractivity contribution >= 4 is 39.2 Å². The second-order valence-electron chi connectivity index (χ2n) is 7.38. The molecule has 1 atom stereocenters. The molecule has 0 radical (unpaired) electrons. The lowest BCUT2D eigenvalue weighted by Gasteiger charge is -2.29. The lowest BCUT2D eigenvalue weighted by Crippen LogP contribution is -2.43. The minimum atomic E-state index is -0.229. The number of nitrogens with one attached hydrogen (secondary N) is 3. The summed E-state index contributed by atoms with van der Waals surface area (Å²) < 4.78 is 6.43. The van der Waals surface area contributed by atoms with E-state index in [1.165, 1.54) is 11.3 Å². The number of H-pyrrole nitrogens is 1. The van der Waals surface area contributed by atoms with E-state index in [4.69, 9.17) is 9.72 Å². The molecule has 30 heavy (non-hydrogen) atoms. The van der Waals surface area contributed by atoms with Gasteiger partial charge in [0, 0.05) is 32.1 Å². The zero-order valence-electron chi connectivity index (χ0n) is 16.3. The molecule has 3 N–H and O–H groups in total. The average Bonchev–Trinajstić information content (AvgIpc) is 3.19. The van der Waals surface area contributed by atoms with Gasteiger partial charge in [0.05, 0.1) is 23.4 Å². The fourth-order valence-corrected chi connectivity index (χ4v) is 4.73. The standard InChI is InChI=1S/C20H22N6O3S/c27-15-6-5-12(11-21-15)22-17-16(19-23-13-3-1-2-4-14(13)30-19)18(28)25-20(24-17)26-7-9-29-10-8-26/h1-4,12H,5-11H2,(H,21,27)(H2,22,24,25,28). The molecule has 2 saturated heterocycles. The number of fused-ring (bicyclic) bond motifs is 1. The molecule has 10 heteroatoms. The third-order valence-electron chi connectivity index (χ3n) is 5.33. The van der Waals surface area contributed by atoms with E-state index in [1.54, 1.807) is 0 Å². The quantitative estimate of drug-likeness (QED) is 0.581. The van der Waals surface area contributed by atoms with E-state index < -0.39 is 0 Å². The van der Waals surface area contributed by atoms with Gasteiger partial charge < -0.3 is 20.3 Å². The van der Waals surface area contributed by atoms with Crippen molar-refractivity contribution < 1.29 is 9.53 Å². The molecule has 2 aromatic heterocycles. The zero-order valence-corrected chi connectivity index (χ0v) is 17.1. The molecule has 2 aliphatic rings. The highest BCUT2D eigenvalue weighted by Gasteiger charge is 2.24. The first-order valence-electron chi connectivity index (χ1n) is 10.0. The van der Waals surface area contributed by atoms with Gasteiger partial charge in [-0.05, 0) is 18.6 Å². The lowest BCUT2D eigenvalue weighted by molar-refractivity contribution is -0.122. The molecule has 1 aromatic carbocycles. The maximum Gasteiger partial charge on any atom is 0.264 e. The number of piperidine rings is 1. The molecule has 156 valence electrons. The summed E-state index contributed by atoms with van der Waals surface area (Å²) in [6, 6.07) is 7.81. The highest BCUT2D eigenvalue weighted by Crippen LogP contribution is 2.32. The molecule has 0 spiro atoms. The number of amides is 1. The average molecular weight is 427 g/mol. The van der Waals surface area contributed by atoms with Gasteiger partial charge in [0.25, 0.3) is 5.56 Å². The molecule has 0 bridgehead atoms. The van der Waals surface area contributed by atoms with Crippen molar-refractivity contribution in [1.29, 1.82) is 0 Å². The van der Waals surface area contributed by atoms with Crippen LogP contribution in [0.4, 0.5) is 11.8 Å². The van der Waals surface area contributed by atoms with Crippen molar-refractivity contribution in [2.24, 2.45) is 0 Å². The minimum Gasteiger partial charge on any atom is -0.378 e. The number of carbonyl (C=O) groups excluding carboxylic acids is 1. The van der Waals surface area contributed by atoms with E-state index in [0.29, 0.717) is 68.0 Å². The van der Waals surface area contributed by atoms with Crippen molar-refractivity contribution in [3.05, 3.63) is 34.6 Å². The maximum atomic E-state index is 13.2. The number of aromatic nitrogens is 3. The number of thiazole rings is 1. The van der Waals surface area contributed by atoms with Crippen LogP contribution in [0.5, 0.6) is 0 Å². The Balaban J connectivity index is 1.56. The van der Waals surface area contributed by atoms with Gasteiger partial charge in [-0.2, -0.15) is 4.98 Å². The predicted octanol–water partition coefficient (Wildman–Crippen LogP) is 1.57. The monoisotopic (exact) mass is 426 g/mol. The summed E-state index contributed by atoms with van der Waals surface area (Å²) in [6.45, 7) is 3.03. The van der Waals surface area contributed by atoms with Crippen LogP contribution in [0.1, 0.15) is 12.8 Å². The molecule has 1 amide bonds. The molecule has 9 nitrogen and oxygen atoms in total. The normalized spacial score (nSPS) is 19.7. The fourth-order valence-electron chi connectivity index (χ4n) is 3.72. The van der Waals surface area contributed by atoms with Gasteiger partial charge in [0.15, 0.2) is 0 Å². The predicted molar refractivity (Wildman–Crippen MR) is 116 cm³/mol. The number of benzene rings is 1. The van der Waals surface area contributed by atoms with E-state index in [-0.39, 0.29) is 17.5 Å². The molecule has 4 heterocycles. The number of morpholine rings is 1. The number of rotatable bonds is 4. The van der Waals surface area contributed by atoms with E-state index in [2.05, 4.69) is 20.6 Å². The van der Waals surface area contributed by atoms with Crippen LogP contribution in [0.3, 0.4) is 0 Å². The van der Waals surface area contributed by atoms with Crippen LogP contribution in [0.2, 0.25) is 0 Å². The van der Waals surface area contributed by atoms with Crippen LogP contribution in [-0.2, 0) is 9.53 Å². The first kappa shape index (κ1) is 19.0. The number of ether oxygens (including phenoxy) is 1. The van der Waals surface area contributed by atoms with Crippen LogP contribution in [-0.4, -0.2) is 59.7 Å².